The average molecular weight is 241 g/mol. The summed E-state index contributed by atoms with van der Waals surface area (Å²) in [4.78, 5) is 4.30. The summed E-state index contributed by atoms with van der Waals surface area (Å²) in [6.07, 6.45) is 3.57. The molecule has 0 aromatic carbocycles. The Hall–Kier alpha value is -0.550. The van der Waals surface area contributed by atoms with Crippen LogP contribution in [0.2, 0.25) is 0 Å². The summed E-state index contributed by atoms with van der Waals surface area (Å²) in [6.45, 7) is 3.99. The van der Waals surface area contributed by atoms with Gasteiger partial charge in [-0.1, -0.05) is 12.1 Å². The lowest BCUT2D eigenvalue weighted by molar-refractivity contribution is 0.362. The van der Waals surface area contributed by atoms with E-state index in [-0.39, 0.29) is 6.04 Å². The lowest BCUT2D eigenvalue weighted by atomic mass is 10.1. The fraction of sp³-hybridized carbons (Fsp3) is 0.818. The number of nitrogens with one attached hydrogen (secondary N) is 1. The zero-order chi connectivity index (χ0) is 11.4. The van der Waals surface area contributed by atoms with Crippen molar-refractivity contribution in [3.63, 3.8) is 0 Å². The van der Waals surface area contributed by atoms with Crippen molar-refractivity contribution in [1.82, 2.24) is 15.5 Å². The Bertz CT molecular complexity index is 323. The summed E-state index contributed by atoms with van der Waals surface area (Å²) in [6, 6.07) is 0.837. The number of aromatic nitrogens is 2. The normalized spacial score (nSPS) is 23.2. The Morgan fingerprint density at radius 2 is 2.50 bits per heavy atom. The third kappa shape index (κ3) is 2.98. The molecule has 90 valence electrons. The van der Waals surface area contributed by atoms with Gasteiger partial charge in [-0.15, -0.1) is 0 Å². The van der Waals surface area contributed by atoms with E-state index in [2.05, 4.69) is 22.4 Å². The number of nitrogens with zero attached hydrogens (tertiary/aromatic N) is 2. The van der Waals surface area contributed by atoms with Crippen LogP contribution in [0.25, 0.3) is 0 Å². The largest absolute Gasteiger partial charge is 0.340 e. The molecule has 1 aliphatic heterocycles. The Balaban J connectivity index is 1.94. The first-order valence-corrected chi connectivity index (χ1v) is 7.09. The van der Waals surface area contributed by atoms with Crippen LogP contribution in [-0.2, 0) is 0 Å². The topological polar surface area (TPSA) is 51.0 Å². The Morgan fingerprint density at radius 3 is 3.06 bits per heavy atom. The lowest BCUT2D eigenvalue weighted by Gasteiger charge is -2.26. The smallest absolute Gasteiger partial charge is 0.223 e. The van der Waals surface area contributed by atoms with Crippen LogP contribution in [0.1, 0.15) is 43.9 Å². The molecule has 0 saturated carbocycles. The van der Waals surface area contributed by atoms with Crippen molar-refractivity contribution in [3.05, 3.63) is 11.7 Å². The number of hydrogen-bond acceptors (Lipinski definition) is 5. The van der Waals surface area contributed by atoms with E-state index < -0.39 is 0 Å². The summed E-state index contributed by atoms with van der Waals surface area (Å²) in [5, 5.41) is 7.63. The Labute approximate surface area is 101 Å². The molecule has 2 atom stereocenters. The van der Waals surface area contributed by atoms with Crippen LogP contribution >= 0.6 is 11.8 Å². The van der Waals surface area contributed by atoms with Gasteiger partial charge in [0.1, 0.15) is 0 Å². The third-order valence-electron chi connectivity index (χ3n) is 2.86. The lowest BCUT2D eigenvalue weighted by Crippen LogP contribution is -2.36. The second kappa shape index (κ2) is 5.68. The summed E-state index contributed by atoms with van der Waals surface area (Å²) < 4.78 is 5.03. The van der Waals surface area contributed by atoms with Gasteiger partial charge in [-0.2, -0.15) is 16.7 Å². The SMILES string of the molecule is CC[C@H](N[C@@H]1CCCSC1)c1noc(C)n1. The monoisotopic (exact) mass is 241 g/mol. The van der Waals surface area contributed by atoms with E-state index in [1.165, 1.54) is 24.3 Å². The molecule has 1 aromatic heterocycles. The van der Waals surface area contributed by atoms with Gasteiger partial charge in [-0.3, -0.25) is 0 Å². The predicted molar refractivity (Wildman–Crippen MR) is 65.5 cm³/mol. The van der Waals surface area contributed by atoms with E-state index in [4.69, 9.17) is 4.52 Å². The van der Waals surface area contributed by atoms with Crippen LogP contribution in [0.15, 0.2) is 4.52 Å². The maximum Gasteiger partial charge on any atom is 0.223 e. The molecule has 2 rings (SSSR count). The molecule has 1 N–H and O–H groups in total. The maximum atomic E-state index is 5.03. The van der Waals surface area contributed by atoms with Crippen molar-refractivity contribution in [1.29, 1.82) is 0 Å². The highest BCUT2D eigenvalue weighted by atomic mass is 32.2. The van der Waals surface area contributed by atoms with Crippen molar-refractivity contribution in [2.75, 3.05) is 11.5 Å². The first kappa shape index (κ1) is 11.9. The first-order valence-electron chi connectivity index (χ1n) is 5.93. The van der Waals surface area contributed by atoms with Gasteiger partial charge in [0.25, 0.3) is 0 Å². The molecule has 5 heteroatoms. The molecule has 16 heavy (non-hydrogen) atoms. The molecule has 0 radical (unpaired) electrons. The fourth-order valence-electron chi connectivity index (χ4n) is 1.99. The summed E-state index contributed by atoms with van der Waals surface area (Å²) in [5.41, 5.74) is 0. The molecule has 1 fully saturated rings. The third-order valence-corrected chi connectivity index (χ3v) is 4.08. The number of hydrogen-bond donors (Lipinski definition) is 1. The molecule has 1 aromatic rings. The van der Waals surface area contributed by atoms with Crippen molar-refractivity contribution >= 4 is 11.8 Å². The van der Waals surface area contributed by atoms with Crippen LogP contribution in [-0.4, -0.2) is 27.7 Å². The van der Waals surface area contributed by atoms with Gasteiger partial charge >= 0.3 is 0 Å². The van der Waals surface area contributed by atoms with Crippen molar-refractivity contribution < 1.29 is 4.52 Å². The second-order valence-corrected chi connectivity index (χ2v) is 5.36. The molecule has 1 saturated heterocycles. The van der Waals surface area contributed by atoms with Crippen molar-refractivity contribution in [3.8, 4) is 0 Å². The molecular weight excluding hydrogens is 222 g/mol. The maximum absolute atomic E-state index is 5.03. The van der Waals surface area contributed by atoms with Crippen LogP contribution in [0.3, 0.4) is 0 Å². The fourth-order valence-corrected chi connectivity index (χ4v) is 3.07. The van der Waals surface area contributed by atoms with Crippen molar-refractivity contribution in [2.45, 2.75) is 45.2 Å². The molecule has 0 amide bonds. The van der Waals surface area contributed by atoms with Gasteiger partial charge in [-0.05, 0) is 25.0 Å². The zero-order valence-electron chi connectivity index (χ0n) is 9.90. The van der Waals surface area contributed by atoms with Gasteiger partial charge in [0.05, 0.1) is 6.04 Å². The summed E-state index contributed by atoms with van der Waals surface area (Å²) >= 11 is 2.03. The van der Waals surface area contributed by atoms with Crippen LogP contribution < -0.4 is 5.32 Å². The highest BCUT2D eigenvalue weighted by Crippen LogP contribution is 2.21. The zero-order valence-corrected chi connectivity index (χ0v) is 10.7. The Kier molecular flexibility index (Phi) is 4.23. The standard InChI is InChI=1S/C11H19N3OS/c1-3-10(11-12-8(2)15-14-11)13-9-5-4-6-16-7-9/h9-10,13H,3-7H2,1-2H3/t9-,10+/m1/s1. The van der Waals surface area contributed by atoms with Gasteiger partial charge in [0.2, 0.25) is 5.89 Å². The van der Waals surface area contributed by atoms with Gasteiger partial charge < -0.3 is 9.84 Å². The molecular formula is C11H19N3OS. The van der Waals surface area contributed by atoms with E-state index in [1.54, 1.807) is 0 Å². The number of thioether (sulfide) groups is 1. The van der Waals surface area contributed by atoms with Crippen LogP contribution in [0.4, 0.5) is 0 Å². The van der Waals surface area contributed by atoms with E-state index in [9.17, 15) is 0 Å². The van der Waals surface area contributed by atoms with Gasteiger partial charge in [0, 0.05) is 18.7 Å². The van der Waals surface area contributed by atoms with E-state index in [0.717, 1.165) is 12.2 Å². The van der Waals surface area contributed by atoms with E-state index in [1.807, 2.05) is 18.7 Å². The van der Waals surface area contributed by atoms with E-state index in [0.29, 0.717) is 11.9 Å². The second-order valence-electron chi connectivity index (χ2n) is 4.21. The quantitative estimate of drug-likeness (QED) is 0.876. The highest BCUT2D eigenvalue weighted by Gasteiger charge is 2.21. The van der Waals surface area contributed by atoms with Gasteiger partial charge in [-0.25, -0.2) is 0 Å². The highest BCUT2D eigenvalue weighted by molar-refractivity contribution is 7.99. The molecule has 0 unspecified atom stereocenters. The minimum absolute atomic E-state index is 0.237. The predicted octanol–water partition coefficient (Wildman–Crippen LogP) is 2.31. The summed E-state index contributed by atoms with van der Waals surface area (Å²) in [5.74, 6) is 3.95. The average Bonchev–Trinajstić information content (AvgIpc) is 2.74. The molecule has 0 spiro atoms. The minimum atomic E-state index is 0.237. The van der Waals surface area contributed by atoms with E-state index >= 15 is 0 Å². The minimum Gasteiger partial charge on any atom is -0.340 e. The molecule has 4 nitrogen and oxygen atoms in total. The first-order chi connectivity index (χ1) is 7.79. The Morgan fingerprint density at radius 1 is 1.62 bits per heavy atom. The van der Waals surface area contributed by atoms with Crippen LogP contribution in [0, 0.1) is 6.92 Å². The number of aryl methyl sites for hydroxylation is 1. The molecule has 0 aliphatic carbocycles. The van der Waals surface area contributed by atoms with Gasteiger partial charge in [0.15, 0.2) is 5.82 Å². The van der Waals surface area contributed by atoms with Crippen LogP contribution in [0.5, 0.6) is 0 Å². The van der Waals surface area contributed by atoms with Crippen molar-refractivity contribution in [2.24, 2.45) is 0 Å². The summed E-state index contributed by atoms with van der Waals surface area (Å²) in [7, 11) is 0. The molecule has 1 aliphatic rings. The number of rotatable bonds is 4. The molecule has 0 bridgehead atoms. The molecule has 2 heterocycles.